The Kier molecular flexibility index (Phi) is 8.20. The standard InChI is InChI=1S/C30H38N4O2S/c1-37-24-6-4-5-20(17-24)18-28(35)34-15-13-22(14-16-34)29(30(31)36)33-23-11-9-21(10-12-23)26-19-32-27-8-3-2-7-25(26)27/h2-8,17,19,21-23,29,32-33H,9-16,18H2,1H3,(H2,31,36). The number of hydrogen-bond donors (Lipinski definition) is 3. The average Bonchev–Trinajstić information content (AvgIpc) is 3.36. The fraction of sp³-hybridized carbons (Fsp3) is 0.467. The number of fused-ring (bicyclic) bond motifs is 1. The number of aromatic amines is 1. The molecule has 37 heavy (non-hydrogen) atoms. The van der Waals surface area contributed by atoms with E-state index in [2.05, 4.69) is 52.9 Å². The van der Waals surface area contributed by atoms with E-state index in [4.69, 9.17) is 5.73 Å². The number of benzene rings is 2. The van der Waals surface area contributed by atoms with Gasteiger partial charge in [0, 0.05) is 41.1 Å². The second kappa shape index (κ2) is 11.7. The van der Waals surface area contributed by atoms with Crippen LogP contribution in [-0.2, 0) is 16.0 Å². The first-order valence-corrected chi connectivity index (χ1v) is 14.8. The molecule has 4 N–H and O–H groups in total. The first-order valence-electron chi connectivity index (χ1n) is 13.5. The minimum absolute atomic E-state index is 0.163. The Morgan fingerprint density at radius 1 is 1.05 bits per heavy atom. The first-order chi connectivity index (χ1) is 18.0. The van der Waals surface area contributed by atoms with Crippen molar-refractivity contribution in [2.24, 2.45) is 11.7 Å². The molecule has 0 spiro atoms. The van der Waals surface area contributed by atoms with Gasteiger partial charge in [-0.25, -0.2) is 0 Å². The molecule has 1 unspecified atom stereocenters. The van der Waals surface area contributed by atoms with E-state index in [0.717, 1.165) is 44.1 Å². The fourth-order valence-electron chi connectivity index (χ4n) is 6.26. The van der Waals surface area contributed by atoms with E-state index >= 15 is 0 Å². The van der Waals surface area contributed by atoms with Gasteiger partial charge in [0.2, 0.25) is 11.8 Å². The zero-order valence-corrected chi connectivity index (χ0v) is 22.4. The minimum atomic E-state index is -0.329. The Labute approximate surface area is 223 Å². The van der Waals surface area contributed by atoms with Crippen molar-refractivity contribution in [2.75, 3.05) is 19.3 Å². The van der Waals surface area contributed by atoms with E-state index in [-0.39, 0.29) is 23.8 Å². The number of nitrogens with one attached hydrogen (secondary N) is 2. The van der Waals surface area contributed by atoms with Crippen LogP contribution in [0.2, 0.25) is 0 Å². The van der Waals surface area contributed by atoms with Crippen LogP contribution in [-0.4, -0.2) is 53.1 Å². The largest absolute Gasteiger partial charge is 0.368 e. The average molecular weight is 519 g/mol. The van der Waals surface area contributed by atoms with E-state index in [0.29, 0.717) is 31.5 Å². The van der Waals surface area contributed by atoms with Gasteiger partial charge in [-0.1, -0.05) is 30.3 Å². The number of nitrogens with two attached hydrogens (primary N) is 1. The molecule has 1 saturated heterocycles. The molecule has 1 aliphatic carbocycles. The highest BCUT2D eigenvalue weighted by molar-refractivity contribution is 7.98. The smallest absolute Gasteiger partial charge is 0.234 e. The molecule has 6 nitrogen and oxygen atoms in total. The molecular formula is C30H38N4O2S. The van der Waals surface area contributed by atoms with E-state index < -0.39 is 0 Å². The Bertz CT molecular complexity index is 1230. The van der Waals surface area contributed by atoms with Crippen molar-refractivity contribution in [3.8, 4) is 0 Å². The van der Waals surface area contributed by atoms with E-state index in [1.807, 2.05) is 23.3 Å². The molecule has 0 bridgehead atoms. The predicted octanol–water partition coefficient (Wildman–Crippen LogP) is 4.84. The van der Waals surface area contributed by atoms with Crippen LogP contribution < -0.4 is 11.1 Å². The van der Waals surface area contributed by atoms with Gasteiger partial charge in [0.05, 0.1) is 12.5 Å². The molecule has 5 rings (SSSR count). The molecule has 3 aromatic rings. The van der Waals surface area contributed by atoms with Crippen molar-refractivity contribution < 1.29 is 9.59 Å². The molecule has 2 aliphatic rings. The summed E-state index contributed by atoms with van der Waals surface area (Å²) in [6, 6.07) is 16.7. The van der Waals surface area contributed by atoms with Gasteiger partial charge in [-0.05, 0) is 85.9 Å². The highest BCUT2D eigenvalue weighted by Gasteiger charge is 2.34. The third kappa shape index (κ3) is 6.04. The molecule has 2 amide bonds. The Balaban J connectivity index is 1.12. The molecule has 1 atom stereocenters. The number of carbonyl (C=O) groups is 2. The first kappa shape index (κ1) is 25.9. The molecular weight excluding hydrogens is 480 g/mol. The SMILES string of the molecule is CSc1cccc(CC(=O)N2CCC(C(NC3CCC(c4c[nH]c5ccccc45)CC3)C(N)=O)CC2)c1. The lowest BCUT2D eigenvalue weighted by Crippen LogP contribution is -2.54. The van der Waals surface area contributed by atoms with Crippen LogP contribution in [0.25, 0.3) is 10.9 Å². The predicted molar refractivity (Wildman–Crippen MR) is 151 cm³/mol. The van der Waals surface area contributed by atoms with E-state index in [1.165, 1.54) is 21.4 Å². The van der Waals surface area contributed by atoms with Crippen molar-refractivity contribution in [3.05, 3.63) is 65.9 Å². The number of amides is 2. The summed E-state index contributed by atoms with van der Waals surface area (Å²) in [6.45, 7) is 1.37. The molecule has 2 fully saturated rings. The summed E-state index contributed by atoms with van der Waals surface area (Å²) in [5, 5.41) is 4.96. The third-order valence-electron chi connectivity index (χ3n) is 8.36. The van der Waals surface area contributed by atoms with Crippen LogP contribution >= 0.6 is 11.8 Å². The maximum Gasteiger partial charge on any atom is 0.234 e. The summed E-state index contributed by atoms with van der Waals surface area (Å²) in [5.74, 6) is 0.619. The van der Waals surface area contributed by atoms with Gasteiger partial charge in [-0.3, -0.25) is 9.59 Å². The summed E-state index contributed by atoms with van der Waals surface area (Å²) in [5.41, 5.74) is 9.56. The zero-order chi connectivity index (χ0) is 25.8. The number of hydrogen-bond acceptors (Lipinski definition) is 4. The Hall–Kier alpha value is -2.77. The highest BCUT2D eigenvalue weighted by Crippen LogP contribution is 2.37. The summed E-state index contributed by atoms with van der Waals surface area (Å²) >= 11 is 1.69. The van der Waals surface area contributed by atoms with E-state index in [1.54, 1.807) is 11.8 Å². The number of thioether (sulfide) groups is 1. The number of carbonyl (C=O) groups excluding carboxylic acids is 2. The second-order valence-electron chi connectivity index (χ2n) is 10.6. The molecule has 1 saturated carbocycles. The van der Waals surface area contributed by atoms with Crippen molar-refractivity contribution in [3.63, 3.8) is 0 Å². The van der Waals surface area contributed by atoms with Gasteiger partial charge >= 0.3 is 0 Å². The highest BCUT2D eigenvalue weighted by atomic mass is 32.2. The summed E-state index contributed by atoms with van der Waals surface area (Å²) in [7, 11) is 0. The quantitative estimate of drug-likeness (QED) is 0.372. The molecule has 1 aromatic heterocycles. The monoisotopic (exact) mass is 518 g/mol. The van der Waals surface area contributed by atoms with E-state index in [9.17, 15) is 9.59 Å². The molecule has 196 valence electrons. The van der Waals surface area contributed by atoms with Crippen LogP contribution in [0, 0.1) is 5.92 Å². The lowest BCUT2D eigenvalue weighted by molar-refractivity contribution is -0.132. The second-order valence-corrected chi connectivity index (χ2v) is 11.5. The lowest BCUT2D eigenvalue weighted by atomic mass is 9.80. The molecule has 1 aliphatic heterocycles. The van der Waals surface area contributed by atoms with Gasteiger partial charge < -0.3 is 20.9 Å². The van der Waals surface area contributed by atoms with Crippen molar-refractivity contribution in [1.82, 2.24) is 15.2 Å². The molecule has 0 radical (unpaired) electrons. The number of likely N-dealkylation sites (tertiary alicyclic amines) is 1. The van der Waals surface area contributed by atoms with Crippen LogP contribution in [0.5, 0.6) is 0 Å². The number of aromatic nitrogens is 1. The molecule has 2 aromatic carbocycles. The maximum absolute atomic E-state index is 12.9. The number of piperidine rings is 1. The van der Waals surface area contributed by atoms with Gasteiger partial charge in [0.1, 0.15) is 0 Å². The summed E-state index contributed by atoms with van der Waals surface area (Å²) in [4.78, 5) is 31.9. The molecule has 2 heterocycles. The van der Waals surface area contributed by atoms with Crippen molar-refractivity contribution in [2.45, 2.75) is 67.8 Å². The number of primary amides is 1. The van der Waals surface area contributed by atoms with Gasteiger partial charge in [-0.2, -0.15) is 0 Å². The van der Waals surface area contributed by atoms with Crippen molar-refractivity contribution >= 4 is 34.5 Å². The zero-order valence-electron chi connectivity index (χ0n) is 21.6. The fourth-order valence-corrected chi connectivity index (χ4v) is 6.74. The number of rotatable bonds is 8. The summed E-state index contributed by atoms with van der Waals surface area (Å²) < 4.78 is 0. The maximum atomic E-state index is 12.9. The summed E-state index contributed by atoms with van der Waals surface area (Å²) in [6.07, 6.45) is 10.6. The van der Waals surface area contributed by atoms with Crippen LogP contribution in [0.1, 0.15) is 55.6 Å². The van der Waals surface area contributed by atoms with Crippen LogP contribution in [0.4, 0.5) is 0 Å². The lowest BCUT2D eigenvalue weighted by Gasteiger charge is -2.38. The molecule has 7 heteroatoms. The minimum Gasteiger partial charge on any atom is -0.368 e. The van der Waals surface area contributed by atoms with Gasteiger partial charge in [0.25, 0.3) is 0 Å². The number of H-pyrrole nitrogens is 1. The number of nitrogens with zero attached hydrogens (tertiary/aromatic N) is 1. The Morgan fingerprint density at radius 3 is 2.54 bits per heavy atom. The van der Waals surface area contributed by atoms with Crippen molar-refractivity contribution in [1.29, 1.82) is 0 Å². The Morgan fingerprint density at radius 2 is 1.81 bits per heavy atom. The van der Waals surface area contributed by atoms with Gasteiger partial charge in [0.15, 0.2) is 0 Å². The van der Waals surface area contributed by atoms with Gasteiger partial charge in [-0.15, -0.1) is 11.8 Å². The normalized spacial score (nSPS) is 21.7. The number of para-hydroxylation sites is 1. The van der Waals surface area contributed by atoms with Crippen LogP contribution in [0.15, 0.2) is 59.6 Å². The topological polar surface area (TPSA) is 91.2 Å². The van der Waals surface area contributed by atoms with Crippen LogP contribution in [0.3, 0.4) is 0 Å². The third-order valence-corrected chi connectivity index (χ3v) is 9.09.